The van der Waals surface area contributed by atoms with Gasteiger partial charge in [-0.3, -0.25) is 20.4 Å². The number of aryl methyl sites for hydroxylation is 1. The number of carbonyl (C=O) groups is 2. The van der Waals surface area contributed by atoms with Gasteiger partial charge in [-0.25, -0.2) is 4.98 Å². The Kier molecular flexibility index (Phi) is 5.75. The van der Waals surface area contributed by atoms with Crippen LogP contribution in [0.15, 0.2) is 75.3 Å². The SMILES string of the molecule is Cn1cc(Br)cc1C(=O)NNC(=O)c1ccc(Sc2ccccn2)cc1. The topological polar surface area (TPSA) is 76.0 Å². The molecule has 2 N–H and O–H groups in total. The smallest absolute Gasteiger partial charge is 0.286 e. The molecule has 2 heterocycles. The zero-order valence-electron chi connectivity index (χ0n) is 13.8. The molecule has 2 amide bonds. The molecule has 0 aliphatic heterocycles. The van der Waals surface area contributed by atoms with E-state index in [0.29, 0.717) is 11.3 Å². The fourth-order valence-corrected chi connectivity index (χ4v) is 3.50. The van der Waals surface area contributed by atoms with Gasteiger partial charge in [0.05, 0.1) is 0 Å². The minimum atomic E-state index is -0.395. The number of carbonyl (C=O) groups excluding carboxylic acids is 2. The number of aromatic nitrogens is 2. The molecule has 26 heavy (non-hydrogen) atoms. The van der Waals surface area contributed by atoms with Crippen molar-refractivity contribution in [2.45, 2.75) is 9.92 Å². The Balaban J connectivity index is 1.58. The summed E-state index contributed by atoms with van der Waals surface area (Å²) < 4.78 is 2.45. The van der Waals surface area contributed by atoms with Gasteiger partial charge in [0, 0.05) is 34.4 Å². The largest absolute Gasteiger partial charge is 0.345 e. The first-order chi connectivity index (χ1) is 12.5. The van der Waals surface area contributed by atoms with E-state index in [1.54, 1.807) is 42.2 Å². The number of halogens is 1. The number of amides is 2. The van der Waals surface area contributed by atoms with E-state index in [9.17, 15) is 9.59 Å². The van der Waals surface area contributed by atoms with Crippen molar-refractivity contribution in [1.82, 2.24) is 20.4 Å². The monoisotopic (exact) mass is 430 g/mol. The third-order valence-corrected chi connectivity index (χ3v) is 4.86. The summed E-state index contributed by atoms with van der Waals surface area (Å²) in [6.45, 7) is 0. The van der Waals surface area contributed by atoms with Crippen LogP contribution in [0.4, 0.5) is 0 Å². The van der Waals surface area contributed by atoms with Gasteiger partial charge in [0.1, 0.15) is 10.7 Å². The highest BCUT2D eigenvalue weighted by molar-refractivity contribution is 9.10. The predicted molar refractivity (Wildman–Crippen MR) is 103 cm³/mol. The lowest BCUT2D eigenvalue weighted by Crippen LogP contribution is -2.42. The van der Waals surface area contributed by atoms with E-state index in [1.807, 2.05) is 30.3 Å². The van der Waals surface area contributed by atoms with Crippen molar-refractivity contribution in [1.29, 1.82) is 0 Å². The van der Waals surface area contributed by atoms with Crippen LogP contribution < -0.4 is 10.9 Å². The summed E-state index contributed by atoms with van der Waals surface area (Å²) in [7, 11) is 1.75. The highest BCUT2D eigenvalue weighted by Gasteiger charge is 2.13. The number of pyridine rings is 1. The van der Waals surface area contributed by atoms with Gasteiger partial charge in [-0.15, -0.1) is 0 Å². The van der Waals surface area contributed by atoms with Gasteiger partial charge in [-0.05, 0) is 58.4 Å². The predicted octanol–water partition coefficient (Wildman–Crippen LogP) is 3.41. The highest BCUT2D eigenvalue weighted by Crippen LogP contribution is 2.25. The second-order valence-electron chi connectivity index (χ2n) is 5.36. The van der Waals surface area contributed by atoms with Crippen molar-refractivity contribution in [2.24, 2.45) is 7.05 Å². The van der Waals surface area contributed by atoms with Crippen LogP contribution in [-0.4, -0.2) is 21.4 Å². The van der Waals surface area contributed by atoms with Crippen LogP contribution in [0.3, 0.4) is 0 Å². The first-order valence-corrected chi connectivity index (χ1v) is 9.25. The molecule has 0 saturated heterocycles. The molecule has 0 unspecified atom stereocenters. The summed E-state index contributed by atoms with van der Waals surface area (Å²) in [5.74, 6) is -0.783. The van der Waals surface area contributed by atoms with Crippen molar-refractivity contribution in [3.63, 3.8) is 0 Å². The standard InChI is InChI=1S/C18H15BrN4O2S/c1-23-11-13(19)10-15(23)18(25)22-21-17(24)12-5-7-14(8-6-12)26-16-4-2-3-9-20-16/h2-11H,1H3,(H,21,24)(H,22,25). The number of nitrogens with one attached hydrogen (secondary N) is 2. The van der Waals surface area contributed by atoms with E-state index in [-0.39, 0.29) is 5.91 Å². The molecule has 0 saturated carbocycles. The van der Waals surface area contributed by atoms with Crippen LogP contribution in [0.25, 0.3) is 0 Å². The number of benzene rings is 1. The van der Waals surface area contributed by atoms with Gasteiger partial charge in [-0.2, -0.15) is 0 Å². The molecule has 3 aromatic rings. The van der Waals surface area contributed by atoms with Gasteiger partial charge in [-0.1, -0.05) is 17.8 Å². The van der Waals surface area contributed by atoms with Gasteiger partial charge in [0.25, 0.3) is 11.8 Å². The van der Waals surface area contributed by atoms with Gasteiger partial charge in [0.15, 0.2) is 0 Å². The Morgan fingerprint density at radius 1 is 1.08 bits per heavy atom. The average molecular weight is 431 g/mol. The van der Waals surface area contributed by atoms with Gasteiger partial charge < -0.3 is 4.57 Å². The van der Waals surface area contributed by atoms with Crippen molar-refractivity contribution in [3.8, 4) is 0 Å². The minimum absolute atomic E-state index is 0.388. The molecule has 0 spiro atoms. The van der Waals surface area contributed by atoms with Gasteiger partial charge in [0.2, 0.25) is 0 Å². The summed E-state index contributed by atoms with van der Waals surface area (Å²) in [6, 6.07) is 14.4. The van der Waals surface area contributed by atoms with Crippen molar-refractivity contribution in [2.75, 3.05) is 0 Å². The Labute approximate surface area is 163 Å². The molecule has 0 aliphatic rings. The zero-order valence-corrected chi connectivity index (χ0v) is 16.2. The van der Waals surface area contributed by atoms with E-state index in [1.165, 1.54) is 11.8 Å². The van der Waals surface area contributed by atoms with Crippen molar-refractivity contribution < 1.29 is 9.59 Å². The maximum Gasteiger partial charge on any atom is 0.286 e. The summed E-state index contributed by atoms with van der Waals surface area (Å²) >= 11 is 4.81. The maximum atomic E-state index is 12.2. The van der Waals surface area contributed by atoms with Crippen molar-refractivity contribution in [3.05, 3.63) is 76.7 Å². The summed E-state index contributed by atoms with van der Waals surface area (Å²) in [4.78, 5) is 29.5. The summed E-state index contributed by atoms with van der Waals surface area (Å²) in [5, 5.41) is 0.880. The summed E-state index contributed by atoms with van der Waals surface area (Å²) in [6.07, 6.45) is 3.49. The molecular formula is C18H15BrN4O2S. The molecule has 3 rings (SSSR count). The molecule has 2 aromatic heterocycles. The van der Waals surface area contributed by atoms with E-state index >= 15 is 0 Å². The molecule has 0 bridgehead atoms. The van der Waals surface area contributed by atoms with E-state index in [4.69, 9.17) is 0 Å². The molecule has 8 heteroatoms. The number of hydrogen-bond donors (Lipinski definition) is 2. The van der Waals surface area contributed by atoms with E-state index in [0.717, 1.165) is 14.4 Å². The van der Waals surface area contributed by atoms with Crippen LogP contribution in [0.2, 0.25) is 0 Å². The number of hydrazine groups is 1. The lowest BCUT2D eigenvalue weighted by molar-refractivity contribution is 0.0842. The Bertz CT molecular complexity index is 926. The fourth-order valence-electron chi connectivity index (χ4n) is 2.20. The van der Waals surface area contributed by atoms with Crippen molar-refractivity contribution >= 4 is 39.5 Å². The number of nitrogens with zero attached hydrogens (tertiary/aromatic N) is 2. The van der Waals surface area contributed by atoms with Crippen LogP contribution in [0, 0.1) is 0 Å². The lowest BCUT2D eigenvalue weighted by Gasteiger charge is -2.08. The third-order valence-electron chi connectivity index (χ3n) is 3.47. The molecule has 0 fully saturated rings. The normalized spacial score (nSPS) is 10.4. The third kappa shape index (κ3) is 4.53. The maximum absolute atomic E-state index is 12.2. The van der Waals surface area contributed by atoms with Crippen LogP contribution >= 0.6 is 27.7 Å². The molecular weight excluding hydrogens is 416 g/mol. The average Bonchev–Trinajstić information content (AvgIpc) is 2.99. The first kappa shape index (κ1) is 18.2. The van der Waals surface area contributed by atoms with Crippen LogP contribution in [0.5, 0.6) is 0 Å². The van der Waals surface area contributed by atoms with Gasteiger partial charge >= 0.3 is 0 Å². The van der Waals surface area contributed by atoms with E-state index < -0.39 is 5.91 Å². The minimum Gasteiger partial charge on any atom is -0.345 e. The molecule has 6 nitrogen and oxygen atoms in total. The molecule has 132 valence electrons. The highest BCUT2D eigenvalue weighted by atomic mass is 79.9. The fraction of sp³-hybridized carbons (Fsp3) is 0.0556. The molecule has 0 atom stereocenters. The molecule has 1 aromatic carbocycles. The number of hydrogen-bond acceptors (Lipinski definition) is 4. The first-order valence-electron chi connectivity index (χ1n) is 7.64. The molecule has 0 aliphatic carbocycles. The number of rotatable bonds is 4. The summed E-state index contributed by atoms with van der Waals surface area (Å²) in [5.41, 5.74) is 5.70. The molecule has 0 radical (unpaired) electrons. The van der Waals surface area contributed by atoms with Crippen LogP contribution in [0.1, 0.15) is 20.8 Å². The Hall–Kier alpha value is -2.58. The second kappa shape index (κ2) is 8.20. The second-order valence-corrected chi connectivity index (χ2v) is 7.37. The van der Waals surface area contributed by atoms with E-state index in [2.05, 4.69) is 31.8 Å². The Morgan fingerprint density at radius 2 is 1.81 bits per heavy atom. The Morgan fingerprint density at radius 3 is 2.42 bits per heavy atom. The quantitative estimate of drug-likeness (QED) is 0.621. The van der Waals surface area contributed by atoms with Crippen LogP contribution in [-0.2, 0) is 7.05 Å². The lowest BCUT2D eigenvalue weighted by atomic mass is 10.2. The zero-order chi connectivity index (χ0) is 18.5.